The van der Waals surface area contributed by atoms with Crippen LogP contribution >= 0.6 is 0 Å². The van der Waals surface area contributed by atoms with Crippen molar-refractivity contribution < 1.29 is 14.4 Å². The first kappa shape index (κ1) is 21.8. The molecule has 3 amide bonds. The molecule has 3 rings (SSSR count). The monoisotopic (exact) mass is 415 g/mol. The van der Waals surface area contributed by atoms with Crippen LogP contribution in [0.2, 0.25) is 0 Å². The van der Waals surface area contributed by atoms with Crippen molar-refractivity contribution in [1.29, 1.82) is 0 Å². The molecule has 6 heteroatoms. The van der Waals surface area contributed by atoms with Gasteiger partial charge in [-0.3, -0.25) is 14.4 Å². The second-order valence-electron chi connectivity index (χ2n) is 7.10. The Bertz CT molecular complexity index is 1060. The summed E-state index contributed by atoms with van der Waals surface area (Å²) in [5.74, 6) is -1.89. The molecule has 3 aromatic carbocycles. The molecule has 0 aromatic heterocycles. The molecule has 3 aromatic rings. The SMILES string of the molecule is Cc1ccccc1CNC(=O)c1ccccc1NC(=O)C(=O)NCCc1ccccc1. The van der Waals surface area contributed by atoms with E-state index in [9.17, 15) is 14.4 Å². The molecule has 0 radical (unpaired) electrons. The van der Waals surface area contributed by atoms with Crippen molar-refractivity contribution in [2.24, 2.45) is 0 Å². The highest BCUT2D eigenvalue weighted by molar-refractivity contribution is 6.40. The second kappa shape index (κ2) is 10.7. The third-order valence-electron chi connectivity index (χ3n) is 4.87. The van der Waals surface area contributed by atoms with E-state index in [1.54, 1.807) is 24.3 Å². The lowest BCUT2D eigenvalue weighted by atomic mass is 10.1. The Morgan fingerprint density at radius 2 is 1.42 bits per heavy atom. The fraction of sp³-hybridized carbons (Fsp3) is 0.160. The molecule has 0 aliphatic heterocycles. The van der Waals surface area contributed by atoms with Gasteiger partial charge in [-0.25, -0.2) is 0 Å². The number of hydrogen-bond donors (Lipinski definition) is 3. The van der Waals surface area contributed by atoms with Crippen LogP contribution in [0.5, 0.6) is 0 Å². The van der Waals surface area contributed by atoms with Crippen molar-refractivity contribution >= 4 is 23.4 Å². The molecule has 0 unspecified atom stereocenters. The van der Waals surface area contributed by atoms with E-state index < -0.39 is 11.8 Å². The lowest BCUT2D eigenvalue weighted by Gasteiger charge is -2.12. The summed E-state index contributed by atoms with van der Waals surface area (Å²) in [5, 5.41) is 8.00. The molecule has 0 fully saturated rings. The molecule has 0 heterocycles. The van der Waals surface area contributed by atoms with Gasteiger partial charge in [0.15, 0.2) is 0 Å². The van der Waals surface area contributed by atoms with Crippen LogP contribution in [0, 0.1) is 6.92 Å². The summed E-state index contributed by atoms with van der Waals surface area (Å²) in [7, 11) is 0. The normalized spacial score (nSPS) is 10.2. The highest BCUT2D eigenvalue weighted by atomic mass is 16.2. The molecule has 158 valence electrons. The Morgan fingerprint density at radius 3 is 2.19 bits per heavy atom. The Kier molecular flexibility index (Phi) is 7.54. The van der Waals surface area contributed by atoms with Crippen LogP contribution in [0.25, 0.3) is 0 Å². The van der Waals surface area contributed by atoms with E-state index in [-0.39, 0.29) is 11.6 Å². The minimum absolute atomic E-state index is 0.285. The van der Waals surface area contributed by atoms with Gasteiger partial charge < -0.3 is 16.0 Å². The summed E-state index contributed by atoms with van der Waals surface area (Å²) in [6, 6.07) is 24.1. The van der Waals surface area contributed by atoms with Crippen molar-refractivity contribution in [3.05, 3.63) is 101 Å². The quantitative estimate of drug-likeness (QED) is 0.518. The maximum absolute atomic E-state index is 12.7. The average Bonchev–Trinajstić information content (AvgIpc) is 2.79. The smallest absolute Gasteiger partial charge is 0.313 e. The minimum Gasteiger partial charge on any atom is -0.348 e. The van der Waals surface area contributed by atoms with Crippen molar-refractivity contribution in [3.8, 4) is 0 Å². The van der Waals surface area contributed by atoms with Crippen LogP contribution < -0.4 is 16.0 Å². The summed E-state index contributed by atoms with van der Waals surface area (Å²) < 4.78 is 0. The predicted molar refractivity (Wildman–Crippen MR) is 121 cm³/mol. The van der Waals surface area contributed by atoms with Gasteiger partial charge in [-0.1, -0.05) is 66.7 Å². The van der Waals surface area contributed by atoms with Gasteiger partial charge in [-0.05, 0) is 42.2 Å². The Labute approximate surface area is 181 Å². The highest BCUT2D eigenvalue weighted by Gasteiger charge is 2.17. The van der Waals surface area contributed by atoms with Crippen molar-refractivity contribution in [2.75, 3.05) is 11.9 Å². The maximum Gasteiger partial charge on any atom is 0.313 e. The number of carbonyl (C=O) groups is 3. The Balaban J connectivity index is 1.56. The standard InChI is InChI=1S/C25H25N3O3/c1-18-9-5-6-12-20(18)17-27-23(29)21-13-7-8-14-22(21)28-25(31)24(30)26-16-15-19-10-3-2-4-11-19/h2-14H,15-17H2,1H3,(H,26,30)(H,27,29)(H,28,31). The third-order valence-corrected chi connectivity index (χ3v) is 4.87. The van der Waals surface area contributed by atoms with Crippen LogP contribution in [-0.2, 0) is 22.6 Å². The Morgan fingerprint density at radius 1 is 0.742 bits per heavy atom. The molecular weight excluding hydrogens is 390 g/mol. The van der Waals surface area contributed by atoms with Gasteiger partial charge in [-0.15, -0.1) is 0 Å². The number of carbonyl (C=O) groups excluding carboxylic acids is 3. The van der Waals surface area contributed by atoms with E-state index in [1.165, 1.54) is 0 Å². The Hall–Kier alpha value is -3.93. The van der Waals surface area contributed by atoms with Gasteiger partial charge in [-0.2, -0.15) is 0 Å². The van der Waals surface area contributed by atoms with Gasteiger partial charge >= 0.3 is 11.8 Å². The number of benzene rings is 3. The van der Waals surface area contributed by atoms with Crippen molar-refractivity contribution in [2.45, 2.75) is 19.9 Å². The number of hydrogen-bond acceptors (Lipinski definition) is 3. The van der Waals surface area contributed by atoms with Gasteiger partial charge in [0, 0.05) is 13.1 Å². The molecule has 31 heavy (non-hydrogen) atoms. The lowest BCUT2D eigenvalue weighted by molar-refractivity contribution is -0.136. The van der Waals surface area contributed by atoms with Crippen molar-refractivity contribution in [1.82, 2.24) is 10.6 Å². The van der Waals surface area contributed by atoms with E-state index in [1.807, 2.05) is 61.5 Å². The number of amides is 3. The number of anilines is 1. The van der Waals surface area contributed by atoms with Gasteiger partial charge in [0.2, 0.25) is 0 Å². The molecule has 0 spiro atoms. The summed E-state index contributed by atoms with van der Waals surface area (Å²) in [6.07, 6.45) is 0.623. The fourth-order valence-electron chi connectivity index (χ4n) is 3.09. The van der Waals surface area contributed by atoms with Gasteiger partial charge in [0.1, 0.15) is 0 Å². The highest BCUT2D eigenvalue weighted by Crippen LogP contribution is 2.15. The van der Waals surface area contributed by atoms with Crippen LogP contribution in [-0.4, -0.2) is 24.3 Å². The molecule has 0 saturated carbocycles. The van der Waals surface area contributed by atoms with Crippen LogP contribution in [0.1, 0.15) is 27.0 Å². The first-order valence-electron chi connectivity index (χ1n) is 10.1. The minimum atomic E-state index is -0.813. The van der Waals surface area contributed by atoms with E-state index >= 15 is 0 Å². The molecular formula is C25H25N3O3. The molecule has 0 atom stereocenters. The number of rotatable bonds is 7. The van der Waals surface area contributed by atoms with E-state index in [0.29, 0.717) is 25.1 Å². The van der Waals surface area contributed by atoms with Crippen LogP contribution in [0.3, 0.4) is 0 Å². The maximum atomic E-state index is 12.7. The predicted octanol–water partition coefficient (Wildman–Crippen LogP) is 3.22. The lowest BCUT2D eigenvalue weighted by Crippen LogP contribution is -2.37. The topological polar surface area (TPSA) is 87.3 Å². The number of para-hydroxylation sites is 1. The van der Waals surface area contributed by atoms with E-state index in [4.69, 9.17) is 0 Å². The molecule has 3 N–H and O–H groups in total. The zero-order valence-corrected chi connectivity index (χ0v) is 17.4. The zero-order valence-electron chi connectivity index (χ0n) is 17.4. The van der Waals surface area contributed by atoms with Gasteiger partial charge in [0.25, 0.3) is 5.91 Å². The molecule has 6 nitrogen and oxygen atoms in total. The summed E-state index contributed by atoms with van der Waals surface area (Å²) in [6.45, 7) is 2.69. The summed E-state index contributed by atoms with van der Waals surface area (Å²) >= 11 is 0. The van der Waals surface area contributed by atoms with E-state index in [0.717, 1.165) is 16.7 Å². The summed E-state index contributed by atoms with van der Waals surface area (Å²) in [4.78, 5) is 37.1. The zero-order chi connectivity index (χ0) is 22.1. The fourth-order valence-corrected chi connectivity index (χ4v) is 3.09. The summed E-state index contributed by atoms with van der Waals surface area (Å²) in [5.41, 5.74) is 3.74. The molecule has 0 saturated heterocycles. The first-order chi connectivity index (χ1) is 15.0. The first-order valence-corrected chi connectivity index (χ1v) is 10.1. The van der Waals surface area contributed by atoms with Crippen LogP contribution in [0.15, 0.2) is 78.9 Å². The second-order valence-corrected chi connectivity index (χ2v) is 7.10. The van der Waals surface area contributed by atoms with E-state index in [2.05, 4.69) is 16.0 Å². The largest absolute Gasteiger partial charge is 0.348 e. The van der Waals surface area contributed by atoms with Crippen molar-refractivity contribution in [3.63, 3.8) is 0 Å². The average molecular weight is 415 g/mol. The third kappa shape index (κ3) is 6.27. The number of aryl methyl sites for hydroxylation is 1. The van der Waals surface area contributed by atoms with Gasteiger partial charge in [0.05, 0.1) is 11.3 Å². The molecule has 0 aliphatic rings. The molecule has 0 aliphatic carbocycles. The number of nitrogens with one attached hydrogen (secondary N) is 3. The molecule has 0 bridgehead atoms. The van der Waals surface area contributed by atoms with Crippen LogP contribution in [0.4, 0.5) is 5.69 Å².